The number of amides is 3. The minimum atomic E-state index is -0.451. The summed E-state index contributed by atoms with van der Waals surface area (Å²) in [6.07, 6.45) is 4.59. The van der Waals surface area contributed by atoms with Crippen molar-refractivity contribution in [2.24, 2.45) is 5.92 Å². The molecule has 1 aliphatic heterocycles. The van der Waals surface area contributed by atoms with Crippen LogP contribution in [0.2, 0.25) is 0 Å². The topological polar surface area (TPSA) is 92.2 Å². The van der Waals surface area contributed by atoms with E-state index in [1.54, 1.807) is 0 Å². The zero-order valence-corrected chi connectivity index (χ0v) is 19.9. The smallest absolute Gasteiger partial charge is 0.321 e. The van der Waals surface area contributed by atoms with Gasteiger partial charge in [-0.3, -0.25) is 15.0 Å². The molecule has 0 saturated carbocycles. The highest BCUT2D eigenvalue weighted by Gasteiger charge is 2.19. The molecular weight excluding hydrogens is 424 g/mol. The molecule has 0 atom stereocenters. The summed E-state index contributed by atoms with van der Waals surface area (Å²) in [5.41, 5.74) is 1.16. The van der Waals surface area contributed by atoms with Crippen LogP contribution in [0.15, 0.2) is 35.5 Å². The summed E-state index contributed by atoms with van der Waals surface area (Å²) in [6.45, 7) is 8.29. The first-order valence-electron chi connectivity index (χ1n) is 11.4. The Hall–Kier alpha value is -2.39. The minimum absolute atomic E-state index is 0.105. The number of benzene rings is 1. The van der Waals surface area contributed by atoms with E-state index < -0.39 is 6.03 Å². The highest BCUT2D eigenvalue weighted by molar-refractivity contribution is 7.99. The summed E-state index contributed by atoms with van der Waals surface area (Å²) in [5.74, 6) is 1.17. The summed E-state index contributed by atoms with van der Waals surface area (Å²) in [7, 11) is 0. The van der Waals surface area contributed by atoms with Crippen molar-refractivity contribution in [1.82, 2.24) is 30.3 Å². The highest BCUT2D eigenvalue weighted by Crippen LogP contribution is 2.21. The number of likely N-dealkylation sites (tertiary alicyclic amines) is 1. The molecule has 0 aliphatic carbocycles. The molecule has 2 heterocycles. The number of urea groups is 1. The molecule has 0 bridgehead atoms. The van der Waals surface area contributed by atoms with Gasteiger partial charge in [0.15, 0.2) is 5.16 Å². The van der Waals surface area contributed by atoms with Gasteiger partial charge in [-0.25, -0.2) is 4.79 Å². The zero-order valence-electron chi connectivity index (χ0n) is 19.0. The van der Waals surface area contributed by atoms with Gasteiger partial charge in [0.05, 0.1) is 18.8 Å². The van der Waals surface area contributed by atoms with E-state index in [0.29, 0.717) is 24.2 Å². The zero-order chi connectivity index (χ0) is 22.8. The normalized spacial score (nSPS) is 14.5. The van der Waals surface area contributed by atoms with Gasteiger partial charge in [0.25, 0.3) is 0 Å². The summed E-state index contributed by atoms with van der Waals surface area (Å²) >= 11 is 1.31. The SMILES string of the molecule is CC(C)CCNC(=O)NC(=O)CSc1nnc(CN2CCCCC2)n1Cc1ccccc1. The maximum Gasteiger partial charge on any atom is 0.321 e. The van der Waals surface area contributed by atoms with Gasteiger partial charge in [-0.2, -0.15) is 0 Å². The number of imide groups is 1. The molecule has 0 spiro atoms. The molecule has 174 valence electrons. The van der Waals surface area contributed by atoms with Crippen LogP contribution in [0.5, 0.6) is 0 Å². The van der Waals surface area contributed by atoms with Crippen molar-refractivity contribution in [1.29, 1.82) is 0 Å². The predicted molar refractivity (Wildman–Crippen MR) is 126 cm³/mol. The van der Waals surface area contributed by atoms with E-state index >= 15 is 0 Å². The first-order valence-corrected chi connectivity index (χ1v) is 12.4. The van der Waals surface area contributed by atoms with E-state index in [1.165, 1.54) is 31.0 Å². The third-order valence-corrected chi connectivity index (χ3v) is 6.35. The van der Waals surface area contributed by atoms with Gasteiger partial charge in [0.1, 0.15) is 5.82 Å². The second kappa shape index (κ2) is 12.6. The van der Waals surface area contributed by atoms with Crippen molar-refractivity contribution in [2.75, 3.05) is 25.4 Å². The maximum atomic E-state index is 12.3. The second-order valence-electron chi connectivity index (χ2n) is 8.58. The molecular formula is C23H34N6O2S. The summed E-state index contributed by atoms with van der Waals surface area (Å²) in [6, 6.07) is 9.73. The fourth-order valence-corrected chi connectivity index (χ4v) is 4.35. The Balaban J connectivity index is 1.60. The van der Waals surface area contributed by atoms with Crippen molar-refractivity contribution in [2.45, 2.75) is 57.8 Å². The number of rotatable bonds is 10. The Kier molecular flexibility index (Phi) is 9.55. The molecule has 1 aliphatic rings. The fourth-order valence-electron chi connectivity index (χ4n) is 3.60. The van der Waals surface area contributed by atoms with E-state index in [0.717, 1.165) is 37.4 Å². The Bertz CT molecular complexity index is 865. The molecule has 0 unspecified atom stereocenters. The lowest BCUT2D eigenvalue weighted by Crippen LogP contribution is -2.40. The lowest BCUT2D eigenvalue weighted by Gasteiger charge is -2.26. The Morgan fingerprint density at radius 3 is 2.53 bits per heavy atom. The number of carbonyl (C=O) groups excluding carboxylic acids is 2. The molecule has 8 nitrogen and oxygen atoms in total. The summed E-state index contributed by atoms with van der Waals surface area (Å²) < 4.78 is 2.09. The molecule has 0 radical (unpaired) electrons. The van der Waals surface area contributed by atoms with E-state index in [-0.39, 0.29) is 11.7 Å². The standard InChI is InChI=1S/C23H34N6O2S/c1-18(2)11-12-24-22(31)25-21(30)17-32-23-27-26-20(16-28-13-7-4-8-14-28)29(23)15-19-9-5-3-6-10-19/h3,5-6,9-10,18H,4,7-8,11-17H2,1-2H3,(H2,24,25,30,31). The van der Waals surface area contributed by atoms with Crippen LogP contribution >= 0.6 is 11.8 Å². The molecule has 3 amide bonds. The number of nitrogens with zero attached hydrogens (tertiary/aromatic N) is 4. The lowest BCUT2D eigenvalue weighted by atomic mass is 10.1. The van der Waals surface area contributed by atoms with E-state index in [4.69, 9.17) is 0 Å². The van der Waals surface area contributed by atoms with E-state index in [9.17, 15) is 9.59 Å². The predicted octanol–water partition coefficient (Wildman–Crippen LogP) is 3.28. The molecule has 32 heavy (non-hydrogen) atoms. The lowest BCUT2D eigenvalue weighted by molar-refractivity contribution is -0.117. The third kappa shape index (κ3) is 7.94. The molecule has 2 N–H and O–H groups in total. The monoisotopic (exact) mass is 458 g/mol. The quantitative estimate of drug-likeness (QED) is 0.531. The minimum Gasteiger partial charge on any atom is -0.338 e. The van der Waals surface area contributed by atoms with E-state index in [2.05, 4.69) is 56.3 Å². The fraction of sp³-hybridized carbons (Fsp3) is 0.565. The van der Waals surface area contributed by atoms with Gasteiger partial charge in [-0.05, 0) is 43.8 Å². The molecule has 1 fully saturated rings. The molecule has 3 rings (SSSR count). The van der Waals surface area contributed by atoms with Crippen LogP contribution in [0.25, 0.3) is 0 Å². The van der Waals surface area contributed by atoms with Crippen LogP contribution in [0.4, 0.5) is 4.79 Å². The van der Waals surface area contributed by atoms with Gasteiger partial charge in [0.2, 0.25) is 5.91 Å². The van der Waals surface area contributed by atoms with Gasteiger partial charge in [-0.1, -0.05) is 62.4 Å². The highest BCUT2D eigenvalue weighted by atomic mass is 32.2. The van der Waals surface area contributed by atoms with Crippen LogP contribution in [0.1, 0.15) is 50.9 Å². The number of hydrogen-bond donors (Lipinski definition) is 2. The molecule has 1 aromatic carbocycles. The first-order chi connectivity index (χ1) is 15.5. The van der Waals surface area contributed by atoms with Crippen LogP contribution < -0.4 is 10.6 Å². The molecule has 1 aromatic heterocycles. The molecule has 1 saturated heterocycles. The number of aromatic nitrogens is 3. The second-order valence-corrected chi connectivity index (χ2v) is 9.53. The Morgan fingerprint density at radius 1 is 1.06 bits per heavy atom. The van der Waals surface area contributed by atoms with Crippen molar-refractivity contribution in [3.63, 3.8) is 0 Å². The number of nitrogens with one attached hydrogen (secondary N) is 2. The van der Waals surface area contributed by atoms with Gasteiger partial charge in [0, 0.05) is 6.54 Å². The third-order valence-electron chi connectivity index (χ3n) is 5.38. The number of carbonyl (C=O) groups is 2. The Labute approximate surface area is 194 Å². The van der Waals surface area contributed by atoms with Crippen LogP contribution in [0, 0.1) is 5.92 Å². The maximum absolute atomic E-state index is 12.3. The Morgan fingerprint density at radius 2 is 1.81 bits per heavy atom. The van der Waals surface area contributed by atoms with Crippen LogP contribution in [-0.4, -0.2) is 57.0 Å². The molecule has 2 aromatic rings. The largest absolute Gasteiger partial charge is 0.338 e. The van der Waals surface area contributed by atoms with Crippen LogP contribution in [0.3, 0.4) is 0 Å². The first kappa shape index (κ1) is 24.3. The average Bonchev–Trinajstić information content (AvgIpc) is 3.14. The van der Waals surface area contributed by atoms with Crippen LogP contribution in [-0.2, 0) is 17.9 Å². The summed E-state index contributed by atoms with van der Waals surface area (Å²) in [5, 5.41) is 14.6. The van der Waals surface area contributed by atoms with Crippen molar-refractivity contribution < 1.29 is 9.59 Å². The van der Waals surface area contributed by atoms with Gasteiger partial charge < -0.3 is 9.88 Å². The van der Waals surface area contributed by atoms with Crippen molar-refractivity contribution in [3.8, 4) is 0 Å². The van der Waals surface area contributed by atoms with Gasteiger partial charge in [-0.15, -0.1) is 10.2 Å². The van der Waals surface area contributed by atoms with Crippen molar-refractivity contribution in [3.05, 3.63) is 41.7 Å². The summed E-state index contributed by atoms with van der Waals surface area (Å²) in [4.78, 5) is 26.6. The van der Waals surface area contributed by atoms with Gasteiger partial charge >= 0.3 is 6.03 Å². The number of thioether (sulfide) groups is 1. The molecule has 9 heteroatoms. The number of hydrogen-bond acceptors (Lipinski definition) is 6. The number of piperidine rings is 1. The van der Waals surface area contributed by atoms with Crippen molar-refractivity contribution >= 4 is 23.7 Å². The van der Waals surface area contributed by atoms with E-state index in [1.807, 2.05) is 18.2 Å². The average molecular weight is 459 g/mol.